The molecule has 0 aromatic heterocycles. The second-order valence-electron chi connectivity index (χ2n) is 8.47. The third-order valence-corrected chi connectivity index (χ3v) is 9.25. The number of hydrogen-bond acceptors (Lipinski definition) is 13. The number of carbonyl (C=O) groups is 3. The van der Waals surface area contributed by atoms with E-state index in [2.05, 4.69) is 14.8 Å². The van der Waals surface area contributed by atoms with Crippen molar-refractivity contribution in [3.05, 3.63) is 35.9 Å². The lowest BCUT2D eigenvalue weighted by molar-refractivity contribution is -0.167. The van der Waals surface area contributed by atoms with E-state index in [9.17, 15) is 40.3 Å². The van der Waals surface area contributed by atoms with Crippen LogP contribution in [-0.4, -0.2) is 85.5 Å². The first-order valence-corrected chi connectivity index (χ1v) is 15.8. The van der Waals surface area contributed by atoms with Gasteiger partial charge in [-0.05, 0) is 53.9 Å². The van der Waals surface area contributed by atoms with E-state index in [1.54, 1.807) is 30.3 Å². The average molecular weight is 613 g/mol. The molecule has 1 amide bonds. The summed E-state index contributed by atoms with van der Waals surface area (Å²) < 4.78 is 83.7. The number of nitrogens with one attached hydrogen (secondary N) is 1. The van der Waals surface area contributed by atoms with E-state index in [1.165, 1.54) is 13.8 Å². The Kier molecular flexibility index (Phi) is 14.2. The van der Waals surface area contributed by atoms with Crippen LogP contribution in [0.1, 0.15) is 32.3 Å². The largest absolute Gasteiger partial charge is 0.771 e. The van der Waals surface area contributed by atoms with Gasteiger partial charge in [-0.3, -0.25) is 18.0 Å². The standard InChI is InChI=1S/C22H34N2O12S3/c1-4-34-21(27)36-15(2)35-19(25)14-24-20(26)17(12-16-8-6-5-7-9-16)13-22(37(28)29,38(30)31)18(23)10-11-39(3,32)33/h5-9,15,17-18H,4,10-14,23H2,1-3H3,(H,24,26)(H,28,29)(H,30,31)/p-2. The van der Waals surface area contributed by atoms with E-state index < -0.39 is 97.5 Å². The first-order chi connectivity index (χ1) is 18.1. The van der Waals surface area contributed by atoms with Gasteiger partial charge in [0.2, 0.25) is 12.2 Å². The molecule has 0 bridgehead atoms. The maximum atomic E-state index is 13.1. The molecular formula is C22H32N2O12S3-2. The molecule has 0 aliphatic carbocycles. The number of esters is 1. The van der Waals surface area contributed by atoms with Crippen molar-refractivity contribution in [2.75, 3.05) is 25.2 Å². The van der Waals surface area contributed by atoms with Gasteiger partial charge in [0.25, 0.3) is 0 Å². The van der Waals surface area contributed by atoms with Gasteiger partial charge in [-0.25, -0.2) is 13.2 Å². The molecule has 0 heterocycles. The van der Waals surface area contributed by atoms with Gasteiger partial charge in [0, 0.05) is 25.1 Å². The van der Waals surface area contributed by atoms with Crippen molar-refractivity contribution in [1.82, 2.24) is 5.32 Å². The van der Waals surface area contributed by atoms with Crippen molar-refractivity contribution in [2.45, 2.75) is 49.5 Å². The molecule has 0 saturated carbocycles. The molecule has 1 aromatic rings. The molecule has 17 heteroatoms. The zero-order valence-electron chi connectivity index (χ0n) is 21.6. The normalized spacial score (nSPS) is 17.0. The highest BCUT2D eigenvalue weighted by Gasteiger charge is 2.44. The Morgan fingerprint density at radius 3 is 2.21 bits per heavy atom. The van der Waals surface area contributed by atoms with Gasteiger partial charge < -0.3 is 34.4 Å². The molecule has 1 aromatic carbocycles. The Hall–Kier alpha value is -2.44. The molecule has 1 rings (SSSR count). The van der Waals surface area contributed by atoms with E-state index in [1.807, 2.05) is 0 Å². The van der Waals surface area contributed by atoms with Crippen LogP contribution in [0, 0.1) is 5.92 Å². The summed E-state index contributed by atoms with van der Waals surface area (Å²) in [5.41, 5.74) is 6.48. The van der Waals surface area contributed by atoms with Crippen molar-refractivity contribution in [3.8, 4) is 0 Å². The van der Waals surface area contributed by atoms with Crippen LogP contribution in [0.4, 0.5) is 4.79 Å². The molecule has 0 aliphatic rings. The highest BCUT2D eigenvalue weighted by molar-refractivity contribution is 7.99. The summed E-state index contributed by atoms with van der Waals surface area (Å²) in [6, 6.07) is 6.54. The van der Waals surface area contributed by atoms with Crippen LogP contribution in [0.5, 0.6) is 0 Å². The van der Waals surface area contributed by atoms with E-state index in [4.69, 9.17) is 10.5 Å². The number of carbonyl (C=O) groups excluding carboxylic acids is 3. The Balaban J connectivity index is 3.16. The van der Waals surface area contributed by atoms with Crippen LogP contribution in [-0.2, 0) is 62.2 Å². The van der Waals surface area contributed by atoms with Gasteiger partial charge in [-0.1, -0.05) is 30.3 Å². The lowest BCUT2D eigenvalue weighted by atomic mass is 9.91. The summed E-state index contributed by atoms with van der Waals surface area (Å²) in [5.74, 6) is -3.84. The number of ether oxygens (including phenoxy) is 3. The van der Waals surface area contributed by atoms with Crippen molar-refractivity contribution in [3.63, 3.8) is 0 Å². The Morgan fingerprint density at radius 2 is 1.69 bits per heavy atom. The maximum absolute atomic E-state index is 13.1. The number of benzene rings is 1. The summed E-state index contributed by atoms with van der Waals surface area (Å²) in [7, 11) is -3.62. The summed E-state index contributed by atoms with van der Waals surface area (Å²) >= 11 is -6.78. The van der Waals surface area contributed by atoms with Gasteiger partial charge in [-0.15, -0.1) is 0 Å². The van der Waals surface area contributed by atoms with Crippen molar-refractivity contribution in [2.24, 2.45) is 11.7 Å². The Bertz CT molecular complexity index is 1120. The van der Waals surface area contributed by atoms with Crippen molar-refractivity contribution in [1.29, 1.82) is 0 Å². The number of sulfone groups is 1. The fraction of sp³-hybridized carbons (Fsp3) is 0.591. The minimum Gasteiger partial charge on any atom is -0.771 e. The quantitative estimate of drug-likeness (QED) is 0.138. The second kappa shape index (κ2) is 16.0. The fourth-order valence-electron chi connectivity index (χ4n) is 3.49. The van der Waals surface area contributed by atoms with E-state index in [-0.39, 0.29) is 13.0 Å². The molecular weight excluding hydrogens is 580 g/mol. The van der Waals surface area contributed by atoms with Crippen LogP contribution in [0.25, 0.3) is 0 Å². The van der Waals surface area contributed by atoms with E-state index in [0.717, 1.165) is 6.26 Å². The van der Waals surface area contributed by atoms with Crippen LogP contribution in [0.15, 0.2) is 30.3 Å². The van der Waals surface area contributed by atoms with Gasteiger partial charge in [0.1, 0.15) is 20.5 Å². The number of hydrogen-bond donors (Lipinski definition) is 2. The molecule has 0 radical (unpaired) electrons. The minimum absolute atomic E-state index is 0.0278. The summed E-state index contributed by atoms with van der Waals surface area (Å²) in [4.78, 5) is 36.5. The minimum atomic E-state index is -3.62. The van der Waals surface area contributed by atoms with Crippen LogP contribution in [0.3, 0.4) is 0 Å². The number of amides is 1. The predicted octanol–water partition coefficient (Wildman–Crippen LogP) is -0.370. The SMILES string of the molecule is CCOC(=O)OC(C)OC(=O)CNC(=O)C(Cc1ccccc1)CC(C(N)CCS(C)(=O)=O)(S(=O)[O-])S(=O)[O-]. The van der Waals surface area contributed by atoms with Gasteiger partial charge >= 0.3 is 12.1 Å². The third kappa shape index (κ3) is 11.7. The van der Waals surface area contributed by atoms with Crippen molar-refractivity contribution >= 4 is 50.0 Å². The molecule has 0 fully saturated rings. The third-order valence-electron chi connectivity index (χ3n) is 5.38. The molecule has 3 N–H and O–H groups in total. The lowest BCUT2D eigenvalue weighted by Gasteiger charge is -2.43. The summed E-state index contributed by atoms with van der Waals surface area (Å²) in [5, 5.41) is 2.26. The summed E-state index contributed by atoms with van der Waals surface area (Å²) in [6.45, 7) is 2.07. The summed E-state index contributed by atoms with van der Waals surface area (Å²) in [6.07, 6.45) is -3.02. The van der Waals surface area contributed by atoms with Crippen LogP contribution in [0.2, 0.25) is 0 Å². The molecule has 14 nitrogen and oxygen atoms in total. The average Bonchev–Trinajstić information content (AvgIpc) is 2.83. The van der Waals surface area contributed by atoms with E-state index >= 15 is 0 Å². The first kappa shape index (κ1) is 34.6. The van der Waals surface area contributed by atoms with Gasteiger partial charge in [0.05, 0.1) is 12.4 Å². The maximum Gasteiger partial charge on any atom is 0.511 e. The van der Waals surface area contributed by atoms with Crippen LogP contribution < -0.4 is 11.1 Å². The molecule has 5 unspecified atom stereocenters. The molecule has 222 valence electrons. The Labute approximate surface area is 231 Å². The smallest absolute Gasteiger partial charge is 0.511 e. The molecule has 0 aliphatic heterocycles. The number of rotatable bonds is 16. The van der Waals surface area contributed by atoms with Crippen LogP contribution >= 0.6 is 0 Å². The zero-order chi connectivity index (χ0) is 29.8. The molecule has 39 heavy (non-hydrogen) atoms. The highest BCUT2D eigenvalue weighted by Crippen LogP contribution is 2.32. The fourth-order valence-corrected chi connectivity index (χ4v) is 6.02. The van der Waals surface area contributed by atoms with Gasteiger partial charge in [0.15, 0.2) is 0 Å². The zero-order valence-corrected chi connectivity index (χ0v) is 24.0. The number of nitrogens with two attached hydrogens (primary N) is 1. The van der Waals surface area contributed by atoms with Gasteiger partial charge in [-0.2, -0.15) is 0 Å². The molecule has 5 atom stereocenters. The first-order valence-electron chi connectivity index (χ1n) is 11.6. The molecule has 0 saturated heterocycles. The predicted molar refractivity (Wildman–Crippen MR) is 138 cm³/mol. The highest BCUT2D eigenvalue weighted by atomic mass is 32.3. The van der Waals surface area contributed by atoms with Crippen molar-refractivity contribution < 1.29 is 54.5 Å². The second-order valence-corrected chi connectivity index (χ2v) is 13.4. The van der Waals surface area contributed by atoms with E-state index in [0.29, 0.717) is 5.56 Å². The lowest BCUT2D eigenvalue weighted by Crippen LogP contribution is -2.57. The monoisotopic (exact) mass is 612 g/mol. The topological polar surface area (TPSA) is 231 Å². The molecule has 0 spiro atoms. The Morgan fingerprint density at radius 1 is 1.10 bits per heavy atom.